The number of nitro groups is 2. The summed E-state index contributed by atoms with van der Waals surface area (Å²) in [6.07, 6.45) is 0.727. The molecule has 0 fully saturated rings. The summed E-state index contributed by atoms with van der Waals surface area (Å²) in [7, 11) is 0. The minimum atomic E-state index is -0.717. The summed E-state index contributed by atoms with van der Waals surface area (Å²) in [5.74, 6) is 0. The van der Waals surface area contributed by atoms with Crippen molar-refractivity contribution in [3.8, 4) is 0 Å². The molecular formula is C14H11ClN8O4. The first kappa shape index (κ1) is 18.2. The topological polar surface area (TPSA) is 154 Å². The Hall–Kier alpha value is -3.64. The highest BCUT2D eigenvalue weighted by atomic mass is 35.5. The van der Waals surface area contributed by atoms with E-state index < -0.39 is 21.7 Å². The molecule has 12 nitrogen and oxygen atoms in total. The van der Waals surface area contributed by atoms with Crippen molar-refractivity contribution in [1.82, 2.24) is 25.6 Å². The van der Waals surface area contributed by atoms with Crippen LogP contribution >= 0.6 is 11.6 Å². The van der Waals surface area contributed by atoms with E-state index in [1.807, 2.05) is 0 Å². The summed E-state index contributed by atoms with van der Waals surface area (Å²) in [5, 5.41) is 33.6. The van der Waals surface area contributed by atoms with Crippen molar-refractivity contribution < 1.29 is 9.85 Å². The summed E-state index contributed by atoms with van der Waals surface area (Å²) in [6, 6.07) is 10.1. The minimum Gasteiger partial charge on any atom is -0.313 e. The third-order valence-electron chi connectivity index (χ3n) is 3.55. The second-order valence-corrected chi connectivity index (χ2v) is 5.67. The van der Waals surface area contributed by atoms with E-state index >= 15 is 0 Å². The van der Waals surface area contributed by atoms with E-state index in [2.05, 4.69) is 26.4 Å². The van der Waals surface area contributed by atoms with E-state index in [0.29, 0.717) is 10.6 Å². The molecule has 3 aromatic rings. The molecule has 0 aliphatic rings. The molecule has 2 N–H and O–H groups in total. The monoisotopic (exact) mass is 390 g/mol. The SMILES string of the molecule is O=[N+]([O-])c1ccc(NNC(c2ccc(Cl)cc2)n2cnnn2)c([N+](=O)[O-])c1. The van der Waals surface area contributed by atoms with Crippen molar-refractivity contribution in [3.63, 3.8) is 0 Å². The van der Waals surface area contributed by atoms with Crippen LogP contribution in [0.3, 0.4) is 0 Å². The maximum atomic E-state index is 11.2. The number of benzene rings is 2. The fourth-order valence-corrected chi connectivity index (χ4v) is 2.40. The molecule has 1 atom stereocenters. The first-order chi connectivity index (χ1) is 13.0. The van der Waals surface area contributed by atoms with Crippen LogP contribution in [0, 0.1) is 20.2 Å². The van der Waals surface area contributed by atoms with Gasteiger partial charge in [0.05, 0.1) is 15.9 Å². The molecule has 1 heterocycles. The number of halogens is 1. The van der Waals surface area contributed by atoms with E-state index in [-0.39, 0.29) is 11.4 Å². The Balaban J connectivity index is 1.89. The molecule has 0 amide bonds. The number of non-ortho nitro benzene ring substituents is 1. The number of tetrazole rings is 1. The summed E-state index contributed by atoms with van der Waals surface area (Å²) < 4.78 is 1.38. The van der Waals surface area contributed by atoms with E-state index in [4.69, 9.17) is 11.6 Å². The largest absolute Gasteiger partial charge is 0.313 e. The van der Waals surface area contributed by atoms with Gasteiger partial charge in [0.25, 0.3) is 5.69 Å². The minimum absolute atomic E-state index is 0.0395. The van der Waals surface area contributed by atoms with Gasteiger partial charge in [-0.25, -0.2) is 10.1 Å². The third kappa shape index (κ3) is 4.13. The van der Waals surface area contributed by atoms with Gasteiger partial charge in [0.2, 0.25) is 0 Å². The standard InChI is InChI=1S/C14H11ClN8O4/c15-10-3-1-9(2-4-10)14(21-8-16-19-20-21)18-17-12-6-5-11(22(24)25)7-13(12)23(26)27/h1-8,14,17-18H. The zero-order valence-electron chi connectivity index (χ0n) is 13.4. The van der Waals surface area contributed by atoms with Gasteiger partial charge in [0.1, 0.15) is 18.2 Å². The van der Waals surface area contributed by atoms with Crippen molar-refractivity contribution in [2.75, 3.05) is 5.43 Å². The van der Waals surface area contributed by atoms with Crippen molar-refractivity contribution in [3.05, 3.63) is 79.6 Å². The highest BCUT2D eigenvalue weighted by Gasteiger charge is 2.21. The predicted octanol–water partition coefficient (Wildman–Crippen LogP) is 2.31. The van der Waals surface area contributed by atoms with Crippen molar-refractivity contribution in [2.45, 2.75) is 6.17 Å². The summed E-state index contributed by atoms with van der Waals surface area (Å²) in [6.45, 7) is 0. The first-order valence-corrected chi connectivity index (χ1v) is 7.76. The van der Waals surface area contributed by atoms with Crippen molar-refractivity contribution >= 4 is 28.7 Å². The fraction of sp³-hybridized carbons (Fsp3) is 0.0714. The summed E-state index contributed by atoms with van der Waals surface area (Å²) in [4.78, 5) is 20.6. The van der Waals surface area contributed by atoms with Crippen LogP contribution < -0.4 is 10.9 Å². The molecule has 0 aliphatic heterocycles. The molecule has 3 rings (SSSR count). The normalized spacial score (nSPS) is 11.7. The van der Waals surface area contributed by atoms with Crippen LogP contribution in [0.5, 0.6) is 0 Å². The molecule has 138 valence electrons. The zero-order valence-corrected chi connectivity index (χ0v) is 14.1. The average molecular weight is 391 g/mol. The van der Waals surface area contributed by atoms with Crippen LogP contribution in [-0.2, 0) is 0 Å². The molecule has 1 aromatic heterocycles. The molecule has 0 aliphatic carbocycles. The van der Waals surface area contributed by atoms with Crippen LogP contribution in [0.4, 0.5) is 17.1 Å². The second-order valence-electron chi connectivity index (χ2n) is 5.23. The van der Waals surface area contributed by atoms with Crippen LogP contribution in [0.15, 0.2) is 48.8 Å². The maximum Gasteiger partial charge on any atom is 0.300 e. The molecule has 13 heteroatoms. The maximum absolute atomic E-state index is 11.2. The molecule has 0 saturated carbocycles. The Morgan fingerprint density at radius 1 is 1.07 bits per heavy atom. The first-order valence-electron chi connectivity index (χ1n) is 7.38. The molecule has 0 saturated heterocycles. The molecule has 27 heavy (non-hydrogen) atoms. The average Bonchev–Trinajstić information content (AvgIpc) is 3.17. The Labute approximate surface area is 156 Å². The number of anilines is 1. The van der Waals surface area contributed by atoms with Gasteiger partial charge in [-0.2, -0.15) is 0 Å². The van der Waals surface area contributed by atoms with Crippen LogP contribution in [0.25, 0.3) is 0 Å². The van der Waals surface area contributed by atoms with E-state index in [1.165, 1.54) is 17.1 Å². The Kier molecular flexibility index (Phi) is 5.19. The molecule has 2 aromatic carbocycles. The number of rotatable bonds is 7. The second kappa shape index (κ2) is 7.72. The van der Waals surface area contributed by atoms with Crippen LogP contribution in [0.2, 0.25) is 5.02 Å². The number of nitrogens with one attached hydrogen (secondary N) is 2. The lowest BCUT2D eigenvalue weighted by atomic mass is 10.2. The Morgan fingerprint density at radius 2 is 1.81 bits per heavy atom. The van der Waals surface area contributed by atoms with E-state index in [1.54, 1.807) is 24.3 Å². The quantitative estimate of drug-likeness (QED) is 0.456. The zero-order chi connectivity index (χ0) is 19.4. The Morgan fingerprint density at radius 3 is 2.41 bits per heavy atom. The lowest BCUT2D eigenvalue weighted by molar-refractivity contribution is -0.393. The highest BCUT2D eigenvalue weighted by molar-refractivity contribution is 6.30. The summed E-state index contributed by atoms with van der Waals surface area (Å²) >= 11 is 5.90. The van der Waals surface area contributed by atoms with E-state index in [9.17, 15) is 20.2 Å². The fourth-order valence-electron chi connectivity index (χ4n) is 2.27. The lowest BCUT2D eigenvalue weighted by Crippen LogP contribution is -2.33. The number of nitro benzene ring substituents is 2. The lowest BCUT2D eigenvalue weighted by Gasteiger charge is -2.19. The van der Waals surface area contributed by atoms with Gasteiger partial charge in [-0.05, 0) is 34.2 Å². The number of hydrogen-bond acceptors (Lipinski definition) is 9. The van der Waals surface area contributed by atoms with Gasteiger partial charge in [-0.15, -0.1) is 5.10 Å². The third-order valence-corrected chi connectivity index (χ3v) is 3.80. The van der Waals surface area contributed by atoms with Gasteiger partial charge >= 0.3 is 5.69 Å². The van der Waals surface area contributed by atoms with Gasteiger partial charge < -0.3 is 5.43 Å². The number of hydrogen-bond donors (Lipinski definition) is 2. The number of nitrogens with zero attached hydrogens (tertiary/aromatic N) is 6. The number of hydrazine groups is 1. The van der Waals surface area contributed by atoms with Crippen molar-refractivity contribution in [1.29, 1.82) is 0 Å². The molecular weight excluding hydrogens is 380 g/mol. The van der Waals surface area contributed by atoms with Crippen molar-refractivity contribution in [2.24, 2.45) is 0 Å². The van der Waals surface area contributed by atoms with E-state index in [0.717, 1.165) is 12.1 Å². The Bertz CT molecular complexity index is 964. The molecule has 0 radical (unpaired) electrons. The van der Waals surface area contributed by atoms with Gasteiger partial charge in [0, 0.05) is 11.1 Å². The van der Waals surface area contributed by atoms with Gasteiger partial charge in [-0.3, -0.25) is 20.2 Å². The summed E-state index contributed by atoms with van der Waals surface area (Å²) in [5.41, 5.74) is 5.48. The number of aromatic nitrogens is 4. The van der Waals surface area contributed by atoms with Gasteiger partial charge in [-0.1, -0.05) is 23.7 Å². The van der Waals surface area contributed by atoms with Crippen LogP contribution in [-0.4, -0.2) is 30.1 Å². The highest BCUT2D eigenvalue weighted by Crippen LogP contribution is 2.29. The smallest absolute Gasteiger partial charge is 0.300 e. The molecule has 0 spiro atoms. The molecule has 1 unspecified atom stereocenters. The molecule has 0 bridgehead atoms. The van der Waals surface area contributed by atoms with Crippen LogP contribution in [0.1, 0.15) is 11.7 Å². The predicted molar refractivity (Wildman–Crippen MR) is 93.9 cm³/mol. The van der Waals surface area contributed by atoms with Gasteiger partial charge in [0.15, 0.2) is 0 Å².